The highest BCUT2D eigenvalue weighted by molar-refractivity contribution is 5.95. The second-order valence-corrected chi connectivity index (χ2v) is 8.22. The highest BCUT2D eigenvalue weighted by Crippen LogP contribution is 2.22. The van der Waals surface area contributed by atoms with Gasteiger partial charge in [-0.3, -0.25) is 19.8 Å². The van der Waals surface area contributed by atoms with Crippen molar-refractivity contribution in [1.29, 1.82) is 0 Å². The van der Waals surface area contributed by atoms with Gasteiger partial charge in [0.05, 0.1) is 16.3 Å². The quantitative estimate of drug-likeness (QED) is 0.453. The van der Waals surface area contributed by atoms with Gasteiger partial charge in [0.25, 0.3) is 11.6 Å². The maximum atomic E-state index is 12.9. The lowest BCUT2D eigenvalue weighted by atomic mass is 10.1. The highest BCUT2D eigenvalue weighted by atomic mass is 16.6. The van der Waals surface area contributed by atoms with Crippen molar-refractivity contribution >= 4 is 11.6 Å². The Bertz CT molecular complexity index is 1150. The minimum Gasteiger partial charge on any atom is -0.336 e. The SMILES string of the molecule is Cc1ccc(C(=O)N2CCN(Cc3c(C)nn(-c4ccccc4)c3C)CC2)cc1[N+](=O)[O-]. The molecule has 0 unspecified atom stereocenters. The van der Waals surface area contributed by atoms with Crippen LogP contribution < -0.4 is 0 Å². The molecule has 0 atom stereocenters. The fraction of sp³-hybridized carbons (Fsp3) is 0.333. The van der Waals surface area contributed by atoms with E-state index in [1.807, 2.05) is 41.9 Å². The number of amides is 1. The second kappa shape index (κ2) is 8.92. The molecule has 0 N–H and O–H groups in total. The van der Waals surface area contributed by atoms with Gasteiger partial charge >= 0.3 is 0 Å². The van der Waals surface area contributed by atoms with Gasteiger partial charge in [-0.05, 0) is 39.0 Å². The Morgan fingerprint density at radius 1 is 1.03 bits per heavy atom. The Labute approximate surface area is 187 Å². The van der Waals surface area contributed by atoms with Gasteiger partial charge in [-0.25, -0.2) is 4.68 Å². The van der Waals surface area contributed by atoms with Crippen molar-refractivity contribution in [2.45, 2.75) is 27.3 Å². The molecule has 8 heteroatoms. The first-order chi connectivity index (χ1) is 15.3. The molecule has 3 aromatic rings. The number of piperazine rings is 1. The molecule has 1 saturated heterocycles. The lowest BCUT2D eigenvalue weighted by Gasteiger charge is -2.34. The van der Waals surface area contributed by atoms with Gasteiger partial charge in [0.15, 0.2) is 0 Å². The van der Waals surface area contributed by atoms with Gasteiger partial charge < -0.3 is 4.90 Å². The molecule has 0 aliphatic carbocycles. The van der Waals surface area contributed by atoms with Crippen molar-refractivity contribution in [3.05, 3.63) is 86.7 Å². The van der Waals surface area contributed by atoms with Crippen molar-refractivity contribution < 1.29 is 9.72 Å². The van der Waals surface area contributed by atoms with Crippen molar-refractivity contribution in [2.24, 2.45) is 0 Å². The molecule has 0 spiro atoms. The first kappa shape index (κ1) is 21.7. The first-order valence-corrected chi connectivity index (χ1v) is 10.7. The third-order valence-corrected chi connectivity index (χ3v) is 6.14. The summed E-state index contributed by atoms with van der Waals surface area (Å²) in [5.41, 5.74) is 5.29. The maximum Gasteiger partial charge on any atom is 0.273 e. The molecular formula is C24H27N5O3. The summed E-state index contributed by atoms with van der Waals surface area (Å²) >= 11 is 0. The zero-order chi connectivity index (χ0) is 22.8. The minimum atomic E-state index is -0.440. The number of nitrogens with zero attached hydrogens (tertiary/aromatic N) is 5. The van der Waals surface area contributed by atoms with Crippen LogP contribution in [0.5, 0.6) is 0 Å². The van der Waals surface area contributed by atoms with Gasteiger partial charge in [0, 0.05) is 61.2 Å². The minimum absolute atomic E-state index is 0.0177. The van der Waals surface area contributed by atoms with E-state index >= 15 is 0 Å². The van der Waals surface area contributed by atoms with E-state index in [2.05, 4.69) is 11.8 Å². The molecule has 1 aromatic heterocycles. The fourth-order valence-corrected chi connectivity index (χ4v) is 4.18. The van der Waals surface area contributed by atoms with E-state index in [1.165, 1.54) is 11.6 Å². The number of benzene rings is 2. The monoisotopic (exact) mass is 433 g/mol. The Hall–Kier alpha value is -3.52. The van der Waals surface area contributed by atoms with E-state index in [4.69, 9.17) is 5.10 Å². The molecule has 0 saturated carbocycles. The van der Waals surface area contributed by atoms with E-state index in [0.717, 1.165) is 36.7 Å². The maximum absolute atomic E-state index is 12.9. The normalized spacial score (nSPS) is 14.5. The van der Waals surface area contributed by atoms with Crippen LogP contribution in [0.25, 0.3) is 5.69 Å². The van der Waals surface area contributed by atoms with E-state index in [1.54, 1.807) is 24.0 Å². The summed E-state index contributed by atoms with van der Waals surface area (Å²) in [6.45, 7) is 9.25. The lowest BCUT2D eigenvalue weighted by molar-refractivity contribution is -0.385. The number of carbonyl (C=O) groups is 1. The third-order valence-electron chi connectivity index (χ3n) is 6.14. The number of carbonyl (C=O) groups excluding carboxylic acids is 1. The number of nitro groups is 1. The molecule has 1 aliphatic rings. The van der Waals surface area contributed by atoms with Crippen LogP contribution in [-0.2, 0) is 6.54 Å². The fourth-order valence-electron chi connectivity index (χ4n) is 4.18. The molecule has 1 amide bonds. The van der Waals surface area contributed by atoms with Crippen molar-refractivity contribution in [3.63, 3.8) is 0 Å². The molecular weight excluding hydrogens is 406 g/mol. The Morgan fingerprint density at radius 2 is 1.72 bits per heavy atom. The zero-order valence-electron chi connectivity index (χ0n) is 18.6. The van der Waals surface area contributed by atoms with Crippen LogP contribution in [-0.4, -0.2) is 56.6 Å². The summed E-state index contributed by atoms with van der Waals surface area (Å²) in [5.74, 6) is -0.156. The molecule has 8 nitrogen and oxygen atoms in total. The van der Waals surface area contributed by atoms with Crippen molar-refractivity contribution in [3.8, 4) is 5.69 Å². The van der Waals surface area contributed by atoms with Crippen LogP contribution in [0.1, 0.15) is 32.9 Å². The molecule has 1 aliphatic heterocycles. The van der Waals surface area contributed by atoms with Crippen LogP contribution in [0.15, 0.2) is 48.5 Å². The molecule has 0 bridgehead atoms. The number of hydrogen-bond acceptors (Lipinski definition) is 5. The predicted octanol–water partition coefficient (Wildman–Crippen LogP) is 3.66. The molecule has 0 radical (unpaired) electrons. The summed E-state index contributed by atoms with van der Waals surface area (Å²) in [5, 5.41) is 15.9. The first-order valence-electron chi connectivity index (χ1n) is 10.7. The van der Waals surface area contributed by atoms with Gasteiger partial charge in [-0.2, -0.15) is 5.10 Å². The van der Waals surface area contributed by atoms with E-state index < -0.39 is 4.92 Å². The van der Waals surface area contributed by atoms with E-state index in [0.29, 0.717) is 24.2 Å². The van der Waals surface area contributed by atoms with Crippen LogP contribution in [0.2, 0.25) is 0 Å². The average molecular weight is 434 g/mol. The van der Waals surface area contributed by atoms with Crippen LogP contribution in [0, 0.1) is 30.9 Å². The number of rotatable bonds is 5. The summed E-state index contributed by atoms with van der Waals surface area (Å²) in [4.78, 5) is 27.8. The van der Waals surface area contributed by atoms with Gasteiger partial charge in [-0.1, -0.05) is 24.3 Å². The molecule has 1 fully saturated rings. The number of hydrogen-bond donors (Lipinski definition) is 0. The average Bonchev–Trinajstić information content (AvgIpc) is 3.08. The number of nitro benzene ring substituents is 1. The summed E-state index contributed by atoms with van der Waals surface area (Å²) in [6, 6.07) is 14.8. The largest absolute Gasteiger partial charge is 0.336 e. The van der Waals surface area contributed by atoms with Crippen LogP contribution in [0.3, 0.4) is 0 Å². The number of aryl methyl sites for hydroxylation is 2. The zero-order valence-corrected chi connectivity index (χ0v) is 18.6. The molecule has 2 aromatic carbocycles. The van der Waals surface area contributed by atoms with E-state index in [-0.39, 0.29) is 11.6 Å². The van der Waals surface area contributed by atoms with Gasteiger partial charge in [0.2, 0.25) is 0 Å². The summed E-state index contributed by atoms with van der Waals surface area (Å²) in [6.07, 6.45) is 0. The smallest absolute Gasteiger partial charge is 0.273 e. The van der Waals surface area contributed by atoms with Gasteiger partial charge in [-0.15, -0.1) is 0 Å². The Morgan fingerprint density at radius 3 is 2.38 bits per heavy atom. The number of para-hydroxylation sites is 1. The van der Waals surface area contributed by atoms with Crippen molar-refractivity contribution in [1.82, 2.24) is 19.6 Å². The molecule has 4 rings (SSSR count). The Kier molecular flexibility index (Phi) is 6.05. The van der Waals surface area contributed by atoms with Gasteiger partial charge in [0.1, 0.15) is 0 Å². The van der Waals surface area contributed by atoms with Crippen LogP contribution >= 0.6 is 0 Å². The Balaban J connectivity index is 1.42. The lowest BCUT2D eigenvalue weighted by Crippen LogP contribution is -2.48. The summed E-state index contributed by atoms with van der Waals surface area (Å²) < 4.78 is 1.98. The number of aromatic nitrogens is 2. The van der Waals surface area contributed by atoms with Crippen molar-refractivity contribution in [2.75, 3.05) is 26.2 Å². The highest BCUT2D eigenvalue weighted by Gasteiger charge is 2.25. The second-order valence-electron chi connectivity index (χ2n) is 8.22. The molecule has 166 valence electrons. The third kappa shape index (κ3) is 4.27. The van der Waals surface area contributed by atoms with E-state index in [9.17, 15) is 14.9 Å². The molecule has 2 heterocycles. The van der Waals surface area contributed by atoms with Crippen LogP contribution in [0.4, 0.5) is 5.69 Å². The predicted molar refractivity (Wildman–Crippen MR) is 122 cm³/mol. The summed E-state index contributed by atoms with van der Waals surface area (Å²) in [7, 11) is 0. The molecule has 32 heavy (non-hydrogen) atoms. The standard InChI is InChI=1S/C24H27N5O3/c1-17-9-10-20(15-23(17)29(31)32)24(30)27-13-11-26(12-14-27)16-22-18(2)25-28(19(22)3)21-7-5-4-6-8-21/h4-10,15H,11-14,16H2,1-3H3. The topological polar surface area (TPSA) is 84.5 Å².